The maximum atomic E-state index is 12.0. The van der Waals surface area contributed by atoms with E-state index in [-0.39, 0.29) is 5.91 Å². The molecule has 0 aliphatic heterocycles. The van der Waals surface area contributed by atoms with E-state index in [0.29, 0.717) is 16.5 Å². The Bertz CT molecular complexity index is 1050. The van der Waals surface area contributed by atoms with Gasteiger partial charge in [-0.15, -0.1) is 10.2 Å². The van der Waals surface area contributed by atoms with Gasteiger partial charge in [0.1, 0.15) is 0 Å². The zero-order chi connectivity index (χ0) is 23.6. The number of aromatic nitrogens is 3. The Morgan fingerprint density at radius 1 is 1.00 bits per heavy atom. The molecule has 0 aliphatic rings. The van der Waals surface area contributed by atoms with E-state index >= 15 is 0 Å². The molecule has 176 valence electrons. The number of carbonyl (C=O) groups excluding carboxylic acids is 1. The fourth-order valence-corrected chi connectivity index (χ4v) is 4.60. The van der Waals surface area contributed by atoms with Crippen LogP contribution in [0, 0.1) is 6.92 Å². The van der Waals surface area contributed by atoms with E-state index in [2.05, 4.69) is 41.5 Å². The first-order valence-electron chi connectivity index (χ1n) is 11.4. The zero-order valence-corrected chi connectivity index (χ0v) is 21.4. The quantitative estimate of drug-likeness (QED) is 0.210. The van der Waals surface area contributed by atoms with Gasteiger partial charge in [0.05, 0.1) is 15.7 Å². The summed E-state index contributed by atoms with van der Waals surface area (Å²) < 4.78 is 2.01. The molecule has 0 radical (unpaired) electrons. The summed E-state index contributed by atoms with van der Waals surface area (Å²) in [7, 11) is 0. The molecular formula is C25H30Cl2N4OS. The van der Waals surface area contributed by atoms with Gasteiger partial charge in [0, 0.05) is 24.3 Å². The summed E-state index contributed by atoms with van der Waals surface area (Å²) in [6.45, 7) is 4.99. The lowest BCUT2D eigenvalue weighted by Crippen LogP contribution is -2.23. The molecule has 0 saturated heterocycles. The molecule has 33 heavy (non-hydrogen) atoms. The van der Waals surface area contributed by atoms with E-state index in [1.165, 1.54) is 5.56 Å². The Morgan fingerprint density at radius 3 is 2.52 bits per heavy atom. The van der Waals surface area contributed by atoms with E-state index < -0.39 is 0 Å². The van der Waals surface area contributed by atoms with Crippen molar-refractivity contribution < 1.29 is 4.79 Å². The minimum Gasteiger partial charge on any atom is -0.356 e. The summed E-state index contributed by atoms with van der Waals surface area (Å²) in [5, 5.41) is 13.7. The highest BCUT2D eigenvalue weighted by molar-refractivity contribution is 7.99. The average molecular weight is 506 g/mol. The molecule has 0 unspecified atom stereocenters. The fourth-order valence-electron chi connectivity index (χ4n) is 3.35. The Kier molecular flexibility index (Phi) is 10.1. The second-order valence-electron chi connectivity index (χ2n) is 7.97. The number of aryl methyl sites for hydroxylation is 1. The first-order valence-corrected chi connectivity index (χ1v) is 13.1. The van der Waals surface area contributed by atoms with E-state index in [9.17, 15) is 4.79 Å². The van der Waals surface area contributed by atoms with Gasteiger partial charge in [-0.25, -0.2) is 0 Å². The second-order valence-corrected chi connectivity index (χ2v) is 9.85. The predicted molar refractivity (Wildman–Crippen MR) is 139 cm³/mol. The summed E-state index contributed by atoms with van der Waals surface area (Å²) in [6.07, 6.45) is 5.68. The van der Waals surface area contributed by atoms with Crippen LogP contribution in [-0.2, 0) is 4.79 Å². The number of halogens is 2. The standard InChI is InChI=1S/C25H30Cl2N4OS/c1-3-4-6-15-28-23(32)8-5-7-16-33-25-30-29-24(19-11-9-18(2)10-12-19)31(25)20-13-14-21(26)22(27)17-20/h9-14,17H,3-8,15-16H2,1-2H3,(H,28,32). The number of nitrogens with one attached hydrogen (secondary N) is 1. The normalized spacial score (nSPS) is 11.0. The predicted octanol–water partition coefficient (Wildman–Crippen LogP) is 7.12. The maximum Gasteiger partial charge on any atom is 0.219 e. The first kappa shape index (κ1) is 25.6. The van der Waals surface area contributed by atoms with Gasteiger partial charge in [-0.1, -0.05) is 84.6 Å². The molecular weight excluding hydrogens is 475 g/mol. The lowest BCUT2D eigenvalue weighted by atomic mass is 10.1. The fraction of sp³-hybridized carbons (Fsp3) is 0.400. The van der Waals surface area contributed by atoms with Crippen LogP contribution in [0.1, 0.15) is 51.0 Å². The molecule has 0 spiro atoms. The highest BCUT2D eigenvalue weighted by Gasteiger charge is 2.17. The minimum absolute atomic E-state index is 0.136. The first-order chi connectivity index (χ1) is 16.0. The summed E-state index contributed by atoms with van der Waals surface area (Å²) >= 11 is 14.1. The average Bonchev–Trinajstić information content (AvgIpc) is 3.22. The Balaban J connectivity index is 1.66. The van der Waals surface area contributed by atoms with Crippen LogP contribution >= 0.6 is 35.0 Å². The minimum atomic E-state index is 0.136. The number of hydrogen-bond donors (Lipinski definition) is 1. The third-order valence-electron chi connectivity index (χ3n) is 5.24. The molecule has 3 aromatic rings. The van der Waals surface area contributed by atoms with Gasteiger partial charge >= 0.3 is 0 Å². The number of carbonyl (C=O) groups is 1. The van der Waals surface area contributed by atoms with Crippen molar-refractivity contribution in [3.63, 3.8) is 0 Å². The van der Waals surface area contributed by atoms with Crippen LogP contribution in [0.5, 0.6) is 0 Å². The number of rotatable bonds is 12. The van der Waals surface area contributed by atoms with E-state index in [1.807, 2.05) is 28.8 Å². The summed E-state index contributed by atoms with van der Waals surface area (Å²) in [5.41, 5.74) is 3.02. The summed E-state index contributed by atoms with van der Waals surface area (Å²) in [5.74, 6) is 1.73. The highest BCUT2D eigenvalue weighted by Crippen LogP contribution is 2.31. The zero-order valence-electron chi connectivity index (χ0n) is 19.1. The van der Waals surface area contributed by atoms with Gasteiger partial charge in [-0.05, 0) is 44.4 Å². The molecule has 1 amide bonds. The number of unbranched alkanes of at least 4 members (excludes halogenated alkanes) is 3. The molecule has 0 fully saturated rings. The van der Waals surface area contributed by atoms with Crippen LogP contribution in [0.3, 0.4) is 0 Å². The van der Waals surface area contributed by atoms with Crippen LogP contribution in [0.4, 0.5) is 0 Å². The van der Waals surface area contributed by atoms with Crippen molar-refractivity contribution in [2.75, 3.05) is 12.3 Å². The van der Waals surface area contributed by atoms with E-state index in [1.54, 1.807) is 17.8 Å². The lowest BCUT2D eigenvalue weighted by molar-refractivity contribution is -0.121. The van der Waals surface area contributed by atoms with Crippen molar-refractivity contribution >= 4 is 40.9 Å². The van der Waals surface area contributed by atoms with Crippen molar-refractivity contribution in [3.8, 4) is 17.1 Å². The number of benzene rings is 2. The van der Waals surface area contributed by atoms with Crippen molar-refractivity contribution in [1.82, 2.24) is 20.1 Å². The van der Waals surface area contributed by atoms with Gasteiger partial charge in [0.25, 0.3) is 0 Å². The van der Waals surface area contributed by atoms with Gasteiger partial charge in [-0.3, -0.25) is 9.36 Å². The van der Waals surface area contributed by atoms with Crippen LogP contribution in [0.25, 0.3) is 17.1 Å². The van der Waals surface area contributed by atoms with Crippen LogP contribution in [-0.4, -0.2) is 33.0 Å². The number of nitrogens with zero attached hydrogens (tertiary/aromatic N) is 3. The Labute approximate surface area is 210 Å². The van der Waals surface area contributed by atoms with Gasteiger partial charge < -0.3 is 5.32 Å². The molecule has 0 atom stereocenters. The van der Waals surface area contributed by atoms with Crippen LogP contribution in [0.15, 0.2) is 47.6 Å². The van der Waals surface area contributed by atoms with Crippen LogP contribution in [0.2, 0.25) is 10.0 Å². The van der Waals surface area contributed by atoms with E-state index in [4.69, 9.17) is 23.2 Å². The largest absolute Gasteiger partial charge is 0.356 e. The number of thioether (sulfide) groups is 1. The molecule has 5 nitrogen and oxygen atoms in total. The third-order valence-corrected chi connectivity index (χ3v) is 6.99. The Morgan fingerprint density at radius 2 is 1.79 bits per heavy atom. The van der Waals surface area contributed by atoms with Crippen molar-refractivity contribution in [3.05, 3.63) is 58.1 Å². The molecule has 0 saturated carbocycles. The molecule has 0 bridgehead atoms. The van der Waals surface area contributed by atoms with Gasteiger partial charge in [0.2, 0.25) is 5.91 Å². The van der Waals surface area contributed by atoms with Crippen molar-refractivity contribution in [2.45, 2.75) is 57.5 Å². The van der Waals surface area contributed by atoms with Crippen LogP contribution < -0.4 is 5.32 Å². The summed E-state index contributed by atoms with van der Waals surface area (Å²) in [4.78, 5) is 12.0. The van der Waals surface area contributed by atoms with Gasteiger partial charge in [-0.2, -0.15) is 0 Å². The molecule has 8 heteroatoms. The second kappa shape index (κ2) is 13.0. The van der Waals surface area contributed by atoms with Crippen molar-refractivity contribution in [1.29, 1.82) is 0 Å². The molecule has 1 N–H and O–H groups in total. The SMILES string of the molecule is CCCCCNC(=O)CCCCSc1nnc(-c2ccc(C)cc2)n1-c1ccc(Cl)c(Cl)c1. The lowest BCUT2D eigenvalue weighted by Gasteiger charge is -2.11. The molecule has 1 heterocycles. The monoisotopic (exact) mass is 504 g/mol. The molecule has 1 aromatic heterocycles. The number of amides is 1. The molecule has 3 rings (SSSR count). The van der Waals surface area contributed by atoms with Gasteiger partial charge in [0.15, 0.2) is 11.0 Å². The van der Waals surface area contributed by atoms with E-state index in [0.717, 1.165) is 66.6 Å². The molecule has 2 aromatic carbocycles. The molecule has 0 aliphatic carbocycles. The summed E-state index contributed by atoms with van der Waals surface area (Å²) in [6, 6.07) is 13.7. The van der Waals surface area contributed by atoms with Crippen molar-refractivity contribution in [2.24, 2.45) is 0 Å². The third kappa shape index (κ3) is 7.49. The highest BCUT2D eigenvalue weighted by atomic mass is 35.5. The maximum absolute atomic E-state index is 12.0. The smallest absolute Gasteiger partial charge is 0.219 e. The topological polar surface area (TPSA) is 59.8 Å². The number of hydrogen-bond acceptors (Lipinski definition) is 4. The Hall–Kier alpha value is -2.02.